The number of hydrogen-bond acceptors (Lipinski definition) is 2. The third-order valence-corrected chi connectivity index (χ3v) is 4.10. The molecule has 2 nitrogen and oxygen atoms in total. The van der Waals surface area contributed by atoms with Gasteiger partial charge in [-0.3, -0.25) is 0 Å². The molecule has 0 spiro atoms. The van der Waals surface area contributed by atoms with E-state index in [0.29, 0.717) is 11.9 Å². The minimum atomic E-state index is -0.0133. The predicted octanol–water partition coefficient (Wildman–Crippen LogP) is 4.57. The molecule has 18 heavy (non-hydrogen) atoms. The van der Waals surface area contributed by atoms with Crippen molar-refractivity contribution in [2.75, 3.05) is 6.61 Å². The van der Waals surface area contributed by atoms with E-state index in [9.17, 15) is 0 Å². The molecule has 1 heterocycles. The van der Waals surface area contributed by atoms with Gasteiger partial charge in [-0.2, -0.15) is 0 Å². The number of benzene rings is 1. The maximum absolute atomic E-state index is 6.13. The average Bonchev–Trinajstić information content (AvgIpc) is 2.66. The van der Waals surface area contributed by atoms with Crippen LogP contribution in [0.25, 0.3) is 0 Å². The molecular weight excluding hydrogens is 316 g/mol. The van der Waals surface area contributed by atoms with Gasteiger partial charge in [-0.1, -0.05) is 33.6 Å². The standard InChI is InChI=1S/C14H18BrClO2/c1-14(2)7-6-10(18-14)9-17-13-5-3-4-12(16)11(13)8-15/h3-5,10H,6-9H2,1-2H3. The topological polar surface area (TPSA) is 18.5 Å². The van der Waals surface area contributed by atoms with Crippen LogP contribution in [0.4, 0.5) is 0 Å². The minimum Gasteiger partial charge on any atom is -0.491 e. The summed E-state index contributed by atoms with van der Waals surface area (Å²) in [4.78, 5) is 0. The first kappa shape index (κ1) is 14.2. The van der Waals surface area contributed by atoms with Crippen LogP contribution >= 0.6 is 27.5 Å². The number of halogens is 2. The van der Waals surface area contributed by atoms with E-state index in [4.69, 9.17) is 21.1 Å². The third-order valence-electron chi connectivity index (χ3n) is 3.19. The van der Waals surface area contributed by atoms with E-state index in [1.165, 1.54) is 0 Å². The van der Waals surface area contributed by atoms with E-state index >= 15 is 0 Å². The van der Waals surface area contributed by atoms with Crippen molar-refractivity contribution in [3.05, 3.63) is 28.8 Å². The number of alkyl halides is 1. The largest absolute Gasteiger partial charge is 0.491 e. The van der Waals surface area contributed by atoms with Crippen molar-refractivity contribution in [3.8, 4) is 5.75 Å². The molecular formula is C14H18BrClO2. The van der Waals surface area contributed by atoms with E-state index < -0.39 is 0 Å². The Kier molecular flexibility index (Phi) is 4.57. The highest BCUT2D eigenvalue weighted by Gasteiger charge is 2.32. The zero-order valence-electron chi connectivity index (χ0n) is 10.7. The Labute approximate surface area is 122 Å². The highest BCUT2D eigenvalue weighted by molar-refractivity contribution is 9.08. The summed E-state index contributed by atoms with van der Waals surface area (Å²) in [6.07, 6.45) is 2.32. The van der Waals surface area contributed by atoms with Gasteiger partial charge in [0.2, 0.25) is 0 Å². The second kappa shape index (κ2) is 5.81. The van der Waals surface area contributed by atoms with Crippen molar-refractivity contribution < 1.29 is 9.47 Å². The van der Waals surface area contributed by atoms with Crippen LogP contribution < -0.4 is 4.74 Å². The molecule has 1 aromatic carbocycles. The monoisotopic (exact) mass is 332 g/mol. The van der Waals surface area contributed by atoms with Crippen LogP contribution in [0.1, 0.15) is 32.3 Å². The smallest absolute Gasteiger partial charge is 0.124 e. The molecule has 0 bridgehead atoms. The first-order valence-corrected chi connectivity index (χ1v) is 7.66. The summed E-state index contributed by atoms with van der Waals surface area (Å²) in [5.74, 6) is 0.840. The van der Waals surface area contributed by atoms with Crippen LogP contribution in [-0.2, 0) is 10.1 Å². The van der Waals surface area contributed by atoms with Gasteiger partial charge in [0.25, 0.3) is 0 Å². The van der Waals surface area contributed by atoms with Gasteiger partial charge >= 0.3 is 0 Å². The summed E-state index contributed by atoms with van der Waals surface area (Å²) in [6.45, 7) is 4.83. The Bertz CT molecular complexity index is 420. The number of ether oxygens (including phenoxy) is 2. The van der Waals surface area contributed by atoms with Crippen LogP contribution in [0.3, 0.4) is 0 Å². The molecule has 0 radical (unpaired) electrons. The van der Waals surface area contributed by atoms with Gasteiger partial charge < -0.3 is 9.47 Å². The Hall–Kier alpha value is -0.250. The number of rotatable bonds is 4. The van der Waals surface area contributed by atoms with Crippen LogP contribution in [0.2, 0.25) is 5.02 Å². The second-order valence-corrected chi connectivity index (χ2v) is 6.17. The van der Waals surface area contributed by atoms with Gasteiger partial charge in [0, 0.05) is 15.9 Å². The summed E-state index contributed by atoms with van der Waals surface area (Å²) in [6, 6.07) is 5.73. The quantitative estimate of drug-likeness (QED) is 0.751. The molecule has 1 aromatic rings. The van der Waals surface area contributed by atoms with Crippen molar-refractivity contribution in [1.29, 1.82) is 0 Å². The molecule has 0 aromatic heterocycles. The van der Waals surface area contributed by atoms with Gasteiger partial charge in [0.15, 0.2) is 0 Å². The Balaban J connectivity index is 1.97. The molecule has 1 fully saturated rings. The minimum absolute atomic E-state index is 0.0133. The molecule has 4 heteroatoms. The zero-order valence-corrected chi connectivity index (χ0v) is 13.1. The van der Waals surface area contributed by atoms with Crippen LogP contribution in [0.5, 0.6) is 5.75 Å². The van der Waals surface area contributed by atoms with Gasteiger partial charge in [0.1, 0.15) is 12.4 Å². The zero-order chi connectivity index (χ0) is 13.2. The van der Waals surface area contributed by atoms with E-state index in [2.05, 4.69) is 29.8 Å². The molecule has 100 valence electrons. The Morgan fingerprint density at radius 1 is 1.50 bits per heavy atom. The maximum Gasteiger partial charge on any atom is 0.124 e. The summed E-state index contributed by atoms with van der Waals surface area (Å²) in [5, 5.41) is 1.43. The second-order valence-electron chi connectivity index (χ2n) is 5.20. The summed E-state index contributed by atoms with van der Waals surface area (Å²) in [5.41, 5.74) is 0.983. The lowest BCUT2D eigenvalue weighted by molar-refractivity contribution is -0.0327. The van der Waals surface area contributed by atoms with Gasteiger partial charge in [0.05, 0.1) is 11.7 Å². The van der Waals surface area contributed by atoms with Crippen LogP contribution in [0, 0.1) is 0 Å². The summed E-state index contributed by atoms with van der Waals surface area (Å²) >= 11 is 9.56. The van der Waals surface area contributed by atoms with E-state index in [-0.39, 0.29) is 11.7 Å². The Morgan fingerprint density at radius 3 is 2.89 bits per heavy atom. The molecule has 1 atom stereocenters. The van der Waals surface area contributed by atoms with Crippen molar-refractivity contribution in [2.45, 2.75) is 43.7 Å². The van der Waals surface area contributed by atoms with Crippen LogP contribution in [0.15, 0.2) is 18.2 Å². The molecule has 2 rings (SSSR count). The van der Waals surface area contributed by atoms with Gasteiger partial charge in [-0.25, -0.2) is 0 Å². The SMILES string of the molecule is CC1(C)CCC(COc2cccc(Cl)c2CBr)O1. The van der Waals surface area contributed by atoms with E-state index in [1.807, 2.05) is 18.2 Å². The van der Waals surface area contributed by atoms with Gasteiger partial charge in [-0.05, 0) is 38.8 Å². The van der Waals surface area contributed by atoms with E-state index in [1.54, 1.807) is 0 Å². The molecule has 0 aliphatic carbocycles. The maximum atomic E-state index is 6.13. The average molecular weight is 334 g/mol. The molecule has 1 aliphatic rings. The molecule has 0 saturated carbocycles. The fourth-order valence-corrected chi connectivity index (χ4v) is 3.15. The highest BCUT2D eigenvalue weighted by Crippen LogP contribution is 2.32. The lowest BCUT2D eigenvalue weighted by atomic mass is 10.1. The van der Waals surface area contributed by atoms with Crippen molar-refractivity contribution in [1.82, 2.24) is 0 Å². The predicted molar refractivity (Wildman–Crippen MR) is 77.8 cm³/mol. The normalized spacial score (nSPS) is 22.1. The first-order valence-electron chi connectivity index (χ1n) is 6.16. The van der Waals surface area contributed by atoms with Crippen molar-refractivity contribution in [2.24, 2.45) is 0 Å². The molecule has 0 N–H and O–H groups in total. The summed E-state index contributed by atoms with van der Waals surface area (Å²) in [7, 11) is 0. The van der Waals surface area contributed by atoms with Crippen LogP contribution in [-0.4, -0.2) is 18.3 Å². The first-order chi connectivity index (χ1) is 8.52. The Morgan fingerprint density at radius 2 is 2.28 bits per heavy atom. The molecule has 1 unspecified atom stereocenters. The fraction of sp³-hybridized carbons (Fsp3) is 0.571. The van der Waals surface area contributed by atoms with Gasteiger partial charge in [-0.15, -0.1) is 0 Å². The fourth-order valence-electron chi connectivity index (χ4n) is 2.18. The lowest BCUT2D eigenvalue weighted by Crippen LogP contribution is -2.24. The molecule has 1 aliphatic heterocycles. The lowest BCUT2D eigenvalue weighted by Gasteiger charge is -2.20. The third kappa shape index (κ3) is 3.40. The summed E-state index contributed by atoms with van der Waals surface area (Å²) < 4.78 is 11.8. The highest BCUT2D eigenvalue weighted by atomic mass is 79.9. The van der Waals surface area contributed by atoms with Crippen molar-refractivity contribution in [3.63, 3.8) is 0 Å². The van der Waals surface area contributed by atoms with E-state index in [0.717, 1.165) is 29.2 Å². The molecule has 1 saturated heterocycles. The number of hydrogen-bond donors (Lipinski definition) is 0. The molecule has 0 amide bonds. The van der Waals surface area contributed by atoms with Crippen molar-refractivity contribution >= 4 is 27.5 Å².